The van der Waals surface area contributed by atoms with E-state index >= 15 is 0 Å². The van der Waals surface area contributed by atoms with Crippen LogP contribution in [0.2, 0.25) is 0 Å². The molecular formula is C51H31N3S. The molecule has 9 aromatic carbocycles. The minimum Gasteiger partial charge on any atom is -0.208 e. The molecule has 0 saturated carbocycles. The molecule has 0 spiro atoms. The minimum atomic E-state index is 0.646. The molecule has 4 heteroatoms. The van der Waals surface area contributed by atoms with Gasteiger partial charge in [-0.2, -0.15) is 0 Å². The highest BCUT2D eigenvalue weighted by molar-refractivity contribution is 7.25. The molecule has 0 N–H and O–H groups in total. The van der Waals surface area contributed by atoms with Gasteiger partial charge in [0.05, 0.1) is 0 Å². The maximum absolute atomic E-state index is 5.14. The Labute approximate surface area is 321 Å². The third-order valence-electron chi connectivity index (χ3n) is 10.7. The van der Waals surface area contributed by atoms with Gasteiger partial charge in [-0.15, -0.1) is 11.3 Å². The van der Waals surface area contributed by atoms with E-state index in [2.05, 4.69) is 170 Å². The Kier molecular flexibility index (Phi) is 7.35. The third kappa shape index (κ3) is 5.54. The Morgan fingerprint density at radius 2 is 0.782 bits per heavy atom. The lowest BCUT2D eigenvalue weighted by Gasteiger charge is -2.12. The van der Waals surface area contributed by atoms with Crippen molar-refractivity contribution in [2.24, 2.45) is 0 Å². The van der Waals surface area contributed by atoms with E-state index in [-0.39, 0.29) is 0 Å². The average Bonchev–Trinajstić information content (AvgIpc) is 3.64. The average molecular weight is 718 g/mol. The fourth-order valence-electron chi connectivity index (χ4n) is 7.91. The Morgan fingerprint density at radius 3 is 1.58 bits per heavy atom. The summed E-state index contributed by atoms with van der Waals surface area (Å²) >= 11 is 1.84. The Hall–Kier alpha value is -7.01. The van der Waals surface area contributed by atoms with E-state index in [0.29, 0.717) is 17.5 Å². The molecule has 0 unspecified atom stereocenters. The van der Waals surface area contributed by atoms with Gasteiger partial charge in [-0.1, -0.05) is 164 Å². The van der Waals surface area contributed by atoms with Gasteiger partial charge in [0.25, 0.3) is 0 Å². The van der Waals surface area contributed by atoms with Crippen LogP contribution in [0.4, 0.5) is 0 Å². The van der Waals surface area contributed by atoms with E-state index in [1.807, 2.05) is 29.5 Å². The number of thiophene rings is 1. The zero-order valence-corrected chi connectivity index (χ0v) is 30.5. The van der Waals surface area contributed by atoms with Crippen LogP contribution < -0.4 is 0 Å². The highest BCUT2D eigenvalue weighted by Crippen LogP contribution is 2.38. The van der Waals surface area contributed by atoms with Gasteiger partial charge in [-0.25, -0.2) is 15.0 Å². The molecule has 0 aliphatic heterocycles. The standard InChI is InChI=1S/C51H31N3S/c1-2-10-34(11-3-1)49-52-50(35-20-17-32(18-21-35)38-25-28-45-44-14-6-7-16-47(44)55-48(45)31-38)54-51(53-49)46-15-8-12-39-29-36(24-27-43(39)46)37-23-26-42-40(30-37)22-19-33-9-4-5-13-41(33)42/h1-31H. The van der Waals surface area contributed by atoms with E-state index < -0.39 is 0 Å². The van der Waals surface area contributed by atoms with E-state index in [1.54, 1.807) is 0 Å². The van der Waals surface area contributed by atoms with Crippen LogP contribution in [-0.4, -0.2) is 15.0 Å². The number of rotatable bonds is 5. The number of hydrogen-bond acceptors (Lipinski definition) is 4. The molecule has 0 fully saturated rings. The Balaban J connectivity index is 0.979. The topological polar surface area (TPSA) is 38.7 Å². The number of hydrogen-bond donors (Lipinski definition) is 0. The van der Waals surface area contributed by atoms with Crippen LogP contribution in [0.3, 0.4) is 0 Å². The molecule has 0 radical (unpaired) electrons. The van der Waals surface area contributed by atoms with Gasteiger partial charge >= 0.3 is 0 Å². The predicted octanol–water partition coefficient (Wildman–Crippen LogP) is 14.0. The normalized spacial score (nSPS) is 11.6. The van der Waals surface area contributed by atoms with Crippen LogP contribution in [0, 0.1) is 0 Å². The van der Waals surface area contributed by atoms with Crippen molar-refractivity contribution in [2.75, 3.05) is 0 Å². The highest BCUT2D eigenvalue weighted by atomic mass is 32.1. The smallest absolute Gasteiger partial charge is 0.164 e. The van der Waals surface area contributed by atoms with Crippen molar-refractivity contribution < 1.29 is 0 Å². The van der Waals surface area contributed by atoms with Crippen LogP contribution in [0.25, 0.3) is 109 Å². The lowest BCUT2D eigenvalue weighted by Crippen LogP contribution is -2.00. The zero-order chi connectivity index (χ0) is 36.3. The lowest BCUT2D eigenvalue weighted by atomic mass is 9.95. The first-order chi connectivity index (χ1) is 27.2. The largest absolute Gasteiger partial charge is 0.208 e. The third-order valence-corrected chi connectivity index (χ3v) is 11.9. The molecule has 0 amide bonds. The second kappa shape index (κ2) is 12.8. The summed E-state index contributed by atoms with van der Waals surface area (Å²) in [5, 5.41) is 9.90. The summed E-state index contributed by atoms with van der Waals surface area (Å²) in [6.45, 7) is 0. The van der Waals surface area contributed by atoms with Crippen LogP contribution in [0.15, 0.2) is 188 Å². The van der Waals surface area contributed by atoms with Crippen molar-refractivity contribution in [1.29, 1.82) is 0 Å². The number of nitrogens with zero attached hydrogens (tertiary/aromatic N) is 3. The maximum atomic E-state index is 5.14. The molecule has 0 bridgehead atoms. The van der Waals surface area contributed by atoms with Gasteiger partial charge in [0.1, 0.15) is 0 Å². The molecule has 0 saturated heterocycles. The minimum absolute atomic E-state index is 0.646. The summed E-state index contributed by atoms with van der Waals surface area (Å²) in [5.74, 6) is 1.95. The molecule has 2 aromatic heterocycles. The summed E-state index contributed by atoms with van der Waals surface area (Å²) in [6.07, 6.45) is 0. The Morgan fingerprint density at radius 1 is 0.273 bits per heavy atom. The Bertz CT molecular complexity index is 3260. The molecule has 3 nitrogen and oxygen atoms in total. The van der Waals surface area contributed by atoms with Crippen LogP contribution in [0.5, 0.6) is 0 Å². The summed E-state index contributed by atoms with van der Waals surface area (Å²) in [4.78, 5) is 15.2. The molecule has 2 heterocycles. The first-order valence-corrected chi connectivity index (χ1v) is 19.3. The van der Waals surface area contributed by atoms with Crippen LogP contribution in [-0.2, 0) is 0 Å². The van der Waals surface area contributed by atoms with E-state index in [1.165, 1.54) is 58.4 Å². The van der Waals surface area contributed by atoms with Gasteiger partial charge < -0.3 is 0 Å². The van der Waals surface area contributed by atoms with Crippen molar-refractivity contribution in [3.63, 3.8) is 0 Å². The van der Waals surface area contributed by atoms with Gasteiger partial charge in [0.2, 0.25) is 0 Å². The second-order valence-corrected chi connectivity index (χ2v) is 15.1. The summed E-state index contributed by atoms with van der Waals surface area (Å²) in [7, 11) is 0. The predicted molar refractivity (Wildman–Crippen MR) is 232 cm³/mol. The quantitative estimate of drug-likeness (QED) is 0.166. The SMILES string of the molecule is c1ccc(-c2nc(-c3ccc(-c4ccc5c(c4)sc4ccccc45)cc3)nc(-c3cccc4cc(-c5ccc6c(ccc7ccccc76)c5)ccc34)n2)cc1. The summed E-state index contributed by atoms with van der Waals surface area (Å²) < 4.78 is 2.61. The highest BCUT2D eigenvalue weighted by Gasteiger charge is 2.16. The lowest BCUT2D eigenvalue weighted by molar-refractivity contribution is 1.08. The van der Waals surface area contributed by atoms with Crippen molar-refractivity contribution in [2.45, 2.75) is 0 Å². The van der Waals surface area contributed by atoms with Crippen molar-refractivity contribution in [1.82, 2.24) is 15.0 Å². The fraction of sp³-hybridized carbons (Fsp3) is 0. The van der Waals surface area contributed by atoms with Crippen molar-refractivity contribution in [3.05, 3.63) is 188 Å². The number of aromatic nitrogens is 3. The first kappa shape index (κ1) is 31.5. The van der Waals surface area contributed by atoms with Gasteiger partial charge in [-0.3, -0.25) is 0 Å². The number of fused-ring (bicyclic) bond motifs is 7. The van der Waals surface area contributed by atoms with E-state index in [9.17, 15) is 0 Å². The summed E-state index contributed by atoms with van der Waals surface area (Å²) in [6, 6.07) is 67.0. The molecule has 11 rings (SSSR count). The maximum Gasteiger partial charge on any atom is 0.164 e. The van der Waals surface area contributed by atoms with Gasteiger partial charge in [0, 0.05) is 36.9 Å². The van der Waals surface area contributed by atoms with E-state index in [0.717, 1.165) is 33.0 Å². The van der Waals surface area contributed by atoms with Gasteiger partial charge in [0.15, 0.2) is 17.5 Å². The molecule has 0 aliphatic carbocycles. The van der Waals surface area contributed by atoms with Crippen LogP contribution >= 0.6 is 11.3 Å². The van der Waals surface area contributed by atoms with E-state index in [4.69, 9.17) is 15.0 Å². The molecule has 0 aliphatic rings. The molecular weight excluding hydrogens is 687 g/mol. The summed E-state index contributed by atoms with van der Waals surface area (Å²) in [5.41, 5.74) is 7.59. The zero-order valence-electron chi connectivity index (χ0n) is 29.6. The van der Waals surface area contributed by atoms with Crippen molar-refractivity contribution in [3.8, 4) is 56.4 Å². The van der Waals surface area contributed by atoms with Gasteiger partial charge in [-0.05, 0) is 78.8 Å². The molecule has 0 atom stereocenters. The molecule has 55 heavy (non-hydrogen) atoms. The molecule has 11 aromatic rings. The first-order valence-electron chi connectivity index (χ1n) is 18.5. The van der Waals surface area contributed by atoms with Crippen molar-refractivity contribution >= 4 is 63.8 Å². The molecule has 256 valence electrons. The second-order valence-electron chi connectivity index (χ2n) is 14.0. The monoisotopic (exact) mass is 717 g/mol. The number of benzene rings is 9. The van der Waals surface area contributed by atoms with Crippen LogP contribution in [0.1, 0.15) is 0 Å². The fourth-order valence-corrected chi connectivity index (χ4v) is 9.06.